The number of benzene rings is 1. The topological polar surface area (TPSA) is 66.8 Å². The van der Waals surface area contributed by atoms with Gasteiger partial charge in [-0.25, -0.2) is 9.18 Å². The summed E-state index contributed by atoms with van der Waals surface area (Å²) in [6.07, 6.45) is 0.537. The number of aliphatic carboxylic acids is 1. The maximum absolute atomic E-state index is 13.9. The van der Waals surface area contributed by atoms with Gasteiger partial charge in [-0.05, 0) is 65.2 Å². The van der Waals surface area contributed by atoms with E-state index in [0.29, 0.717) is 12.8 Å². The number of ether oxygens (including phenoxy) is 1. The SMILES string of the molecule is CC(C)(C)OC(=O)N1[C@H]([C@@H](C(=O)O)c2ccc(Cl)c(F)c2)CCC1(C)C.[NaH]. The van der Waals surface area contributed by atoms with Crippen LogP contribution in [0.4, 0.5) is 9.18 Å². The van der Waals surface area contributed by atoms with E-state index >= 15 is 0 Å². The van der Waals surface area contributed by atoms with Crippen LogP contribution in [0, 0.1) is 5.82 Å². The first-order valence-electron chi connectivity index (χ1n) is 8.53. The molecule has 0 unspecified atom stereocenters. The van der Waals surface area contributed by atoms with Crippen molar-refractivity contribution in [2.75, 3.05) is 0 Å². The fraction of sp³-hybridized carbons (Fsp3) is 0.579. The molecule has 1 saturated heterocycles. The van der Waals surface area contributed by atoms with Gasteiger partial charge in [0, 0.05) is 5.54 Å². The molecule has 0 bridgehead atoms. The Morgan fingerprint density at radius 2 is 1.96 bits per heavy atom. The van der Waals surface area contributed by atoms with Crippen LogP contribution in [-0.2, 0) is 9.53 Å². The van der Waals surface area contributed by atoms with Crippen molar-refractivity contribution in [3.8, 4) is 0 Å². The summed E-state index contributed by atoms with van der Waals surface area (Å²) in [4.78, 5) is 26.3. The van der Waals surface area contributed by atoms with E-state index in [1.807, 2.05) is 13.8 Å². The number of hydrogen-bond acceptors (Lipinski definition) is 3. The second-order valence-electron chi connectivity index (χ2n) is 8.26. The van der Waals surface area contributed by atoms with Crippen LogP contribution in [0.25, 0.3) is 0 Å². The molecule has 0 radical (unpaired) electrons. The van der Waals surface area contributed by atoms with E-state index in [1.54, 1.807) is 20.8 Å². The summed E-state index contributed by atoms with van der Waals surface area (Å²) in [5.74, 6) is -2.88. The van der Waals surface area contributed by atoms with Crippen LogP contribution in [0.1, 0.15) is 58.9 Å². The van der Waals surface area contributed by atoms with Gasteiger partial charge in [-0.15, -0.1) is 0 Å². The van der Waals surface area contributed by atoms with Crippen molar-refractivity contribution in [2.24, 2.45) is 0 Å². The Kier molecular flexibility index (Phi) is 7.79. The molecular formula is C19H26ClFNNaO4. The Hall–Kier alpha value is -0.820. The summed E-state index contributed by atoms with van der Waals surface area (Å²) >= 11 is 5.71. The van der Waals surface area contributed by atoms with Crippen LogP contribution in [0.15, 0.2) is 18.2 Å². The molecule has 0 aromatic heterocycles. The van der Waals surface area contributed by atoms with Gasteiger partial charge in [0.2, 0.25) is 0 Å². The van der Waals surface area contributed by atoms with Gasteiger partial charge in [0.1, 0.15) is 17.3 Å². The van der Waals surface area contributed by atoms with E-state index in [0.717, 1.165) is 6.07 Å². The normalized spacial score (nSPS) is 20.0. The zero-order chi connectivity index (χ0) is 19.9. The van der Waals surface area contributed by atoms with Gasteiger partial charge in [0.05, 0.1) is 11.1 Å². The minimum atomic E-state index is -1.12. The predicted octanol–water partition coefficient (Wildman–Crippen LogP) is 4.18. The Morgan fingerprint density at radius 3 is 2.44 bits per heavy atom. The van der Waals surface area contributed by atoms with E-state index < -0.39 is 41.0 Å². The first-order valence-corrected chi connectivity index (χ1v) is 8.91. The third-order valence-corrected chi connectivity index (χ3v) is 4.89. The zero-order valence-electron chi connectivity index (χ0n) is 15.7. The van der Waals surface area contributed by atoms with Crippen molar-refractivity contribution in [3.05, 3.63) is 34.6 Å². The average Bonchev–Trinajstić information content (AvgIpc) is 2.76. The molecule has 27 heavy (non-hydrogen) atoms. The zero-order valence-corrected chi connectivity index (χ0v) is 16.4. The van der Waals surface area contributed by atoms with Crippen LogP contribution in [-0.4, -0.2) is 68.8 Å². The average molecular weight is 410 g/mol. The van der Waals surface area contributed by atoms with Crippen molar-refractivity contribution in [2.45, 2.75) is 70.6 Å². The molecule has 0 spiro atoms. The summed E-state index contributed by atoms with van der Waals surface area (Å²) in [6.45, 7) is 9.02. The Morgan fingerprint density at radius 1 is 1.37 bits per heavy atom. The molecule has 146 valence electrons. The number of amides is 1. The second-order valence-corrected chi connectivity index (χ2v) is 8.67. The van der Waals surface area contributed by atoms with Crippen molar-refractivity contribution < 1.29 is 23.8 Å². The van der Waals surface area contributed by atoms with Gasteiger partial charge in [0.15, 0.2) is 0 Å². The Balaban J connectivity index is 0.00000364. The molecule has 1 amide bonds. The third-order valence-electron chi connectivity index (χ3n) is 4.58. The summed E-state index contributed by atoms with van der Waals surface area (Å²) in [7, 11) is 0. The van der Waals surface area contributed by atoms with E-state index in [-0.39, 0.29) is 40.1 Å². The molecule has 2 rings (SSSR count). The molecule has 2 atom stereocenters. The molecule has 1 aliphatic heterocycles. The molecule has 1 N–H and O–H groups in total. The molecule has 1 heterocycles. The fourth-order valence-electron chi connectivity index (χ4n) is 3.44. The molecule has 8 heteroatoms. The Labute approximate surface area is 186 Å². The minimum absolute atomic E-state index is 0. The quantitative estimate of drug-likeness (QED) is 0.760. The van der Waals surface area contributed by atoms with Crippen LogP contribution in [0.2, 0.25) is 5.02 Å². The molecule has 1 fully saturated rings. The third kappa shape index (κ3) is 5.59. The standard InChI is InChI=1S/C19H25ClFNO4.Na.H/c1-18(2,3)26-17(25)22-14(8-9-19(22,4)5)15(16(23)24)11-6-7-12(20)13(21)10-11;;/h6-7,10,14-15H,8-9H2,1-5H3,(H,23,24);;/t14-,15-;;/m0../s1. The predicted molar refractivity (Wildman–Crippen MR) is 104 cm³/mol. The number of carboxylic acids is 1. The van der Waals surface area contributed by atoms with E-state index in [2.05, 4.69) is 0 Å². The fourth-order valence-corrected chi connectivity index (χ4v) is 3.56. The van der Waals surface area contributed by atoms with Crippen molar-refractivity contribution in [3.63, 3.8) is 0 Å². The summed E-state index contributed by atoms with van der Waals surface area (Å²) in [5, 5.41) is 9.74. The van der Waals surface area contributed by atoms with Crippen LogP contribution < -0.4 is 0 Å². The van der Waals surface area contributed by atoms with Crippen LogP contribution >= 0.6 is 11.6 Å². The summed E-state index contributed by atoms with van der Waals surface area (Å²) in [6, 6.07) is 3.31. The number of hydrogen-bond donors (Lipinski definition) is 1. The van der Waals surface area contributed by atoms with Gasteiger partial charge in [-0.3, -0.25) is 9.69 Å². The molecule has 1 aliphatic rings. The van der Waals surface area contributed by atoms with Gasteiger partial charge in [0.25, 0.3) is 0 Å². The van der Waals surface area contributed by atoms with Crippen molar-refractivity contribution in [1.82, 2.24) is 4.90 Å². The monoisotopic (exact) mass is 409 g/mol. The number of carbonyl (C=O) groups is 2. The molecule has 1 aromatic rings. The number of likely N-dealkylation sites (tertiary alicyclic amines) is 1. The second kappa shape index (κ2) is 8.68. The van der Waals surface area contributed by atoms with E-state index in [9.17, 15) is 19.1 Å². The van der Waals surface area contributed by atoms with Gasteiger partial charge in [-0.1, -0.05) is 17.7 Å². The first kappa shape index (κ1) is 24.2. The van der Waals surface area contributed by atoms with Gasteiger partial charge in [-0.2, -0.15) is 0 Å². The number of carbonyl (C=O) groups excluding carboxylic acids is 1. The molecule has 0 saturated carbocycles. The number of halogens is 2. The molecule has 1 aromatic carbocycles. The first-order chi connectivity index (χ1) is 11.8. The van der Waals surface area contributed by atoms with Crippen LogP contribution in [0.5, 0.6) is 0 Å². The number of nitrogens with zero attached hydrogens (tertiary/aromatic N) is 1. The number of carboxylic acid groups (broad SMARTS) is 1. The molecular weight excluding hydrogens is 384 g/mol. The molecule has 5 nitrogen and oxygen atoms in total. The van der Waals surface area contributed by atoms with Crippen LogP contribution in [0.3, 0.4) is 0 Å². The van der Waals surface area contributed by atoms with Crippen molar-refractivity contribution in [1.29, 1.82) is 0 Å². The van der Waals surface area contributed by atoms with Gasteiger partial charge >= 0.3 is 41.6 Å². The Bertz CT molecular complexity index is 720. The summed E-state index contributed by atoms with van der Waals surface area (Å²) < 4.78 is 19.4. The molecule has 0 aliphatic carbocycles. The van der Waals surface area contributed by atoms with Gasteiger partial charge < -0.3 is 9.84 Å². The van der Waals surface area contributed by atoms with Crippen molar-refractivity contribution >= 4 is 53.2 Å². The van der Waals surface area contributed by atoms with E-state index in [1.165, 1.54) is 17.0 Å². The summed E-state index contributed by atoms with van der Waals surface area (Å²) in [5.41, 5.74) is -0.993. The number of rotatable bonds is 3. The van der Waals surface area contributed by atoms with E-state index in [4.69, 9.17) is 16.3 Å². The maximum atomic E-state index is 13.9.